The van der Waals surface area contributed by atoms with Crippen molar-refractivity contribution in [3.63, 3.8) is 0 Å². The van der Waals surface area contributed by atoms with E-state index < -0.39 is 24.1 Å². The van der Waals surface area contributed by atoms with Gasteiger partial charge in [0.1, 0.15) is 0 Å². The molecule has 0 spiro atoms. The zero-order valence-corrected chi connectivity index (χ0v) is 32.1. The van der Waals surface area contributed by atoms with Crippen molar-refractivity contribution in [1.82, 2.24) is 0 Å². The molecule has 0 bridgehead atoms. The number of carbonyl (C=O) groups is 4. The van der Waals surface area contributed by atoms with Gasteiger partial charge in [0.25, 0.3) is 0 Å². The number of carbonyl (C=O) groups excluding carboxylic acids is 4. The number of hydrogen-bond donors (Lipinski definition) is 0. The highest BCUT2D eigenvalue weighted by Crippen LogP contribution is 2.42. The van der Waals surface area contributed by atoms with E-state index in [0.29, 0.717) is 24.0 Å². The van der Waals surface area contributed by atoms with E-state index in [9.17, 15) is 19.2 Å². The Morgan fingerprint density at radius 2 is 0.840 bits per heavy atom. The zero-order chi connectivity index (χ0) is 37.8. The third-order valence-electron chi connectivity index (χ3n) is 8.89. The molecule has 0 aliphatic heterocycles. The van der Waals surface area contributed by atoms with Crippen LogP contribution in [0.2, 0.25) is 0 Å². The Balaban J connectivity index is 1.98. The number of ketones is 2. The largest absolute Gasteiger partial charge is 0.454 e. The van der Waals surface area contributed by atoms with E-state index in [-0.39, 0.29) is 22.4 Å². The van der Waals surface area contributed by atoms with E-state index in [1.165, 1.54) is 13.8 Å². The summed E-state index contributed by atoms with van der Waals surface area (Å²) < 4.78 is 10.5. The minimum atomic E-state index is -0.719. The monoisotopic (exact) mass is 680 g/mol. The Morgan fingerprint density at radius 3 is 1.16 bits per heavy atom. The summed E-state index contributed by atoms with van der Waals surface area (Å²) in [5.74, 6) is -1.13. The molecule has 50 heavy (non-hydrogen) atoms. The van der Waals surface area contributed by atoms with Gasteiger partial charge >= 0.3 is 11.9 Å². The molecule has 0 radical (unpaired) electrons. The van der Waals surface area contributed by atoms with Crippen LogP contribution in [0.15, 0.2) is 130 Å². The van der Waals surface area contributed by atoms with Crippen molar-refractivity contribution >= 4 is 23.5 Å². The number of allylic oxidation sites excluding steroid dienone is 20. The number of rotatable bonds is 12. The van der Waals surface area contributed by atoms with Gasteiger partial charge < -0.3 is 9.47 Å². The molecule has 0 aromatic rings. The Morgan fingerprint density at radius 1 is 0.540 bits per heavy atom. The van der Waals surface area contributed by atoms with E-state index in [1.54, 1.807) is 13.8 Å². The van der Waals surface area contributed by atoms with Crippen LogP contribution in [-0.4, -0.2) is 35.7 Å². The summed E-state index contributed by atoms with van der Waals surface area (Å²) in [5, 5.41) is 0. The molecule has 2 unspecified atom stereocenters. The van der Waals surface area contributed by atoms with Crippen LogP contribution < -0.4 is 0 Å². The van der Waals surface area contributed by atoms with E-state index in [0.717, 1.165) is 33.4 Å². The third kappa shape index (κ3) is 12.7. The zero-order valence-electron chi connectivity index (χ0n) is 32.1. The van der Waals surface area contributed by atoms with Gasteiger partial charge in [-0.2, -0.15) is 0 Å². The topological polar surface area (TPSA) is 86.7 Å². The fraction of sp³-hybridized carbons (Fsp3) is 0.409. The fourth-order valence-corrected chi connectivity index (χ4v) is 6.16. The molecule has 2 aliphatic rings. The lowest BCUT2D eigenvalue weighted by molar-refractivity contribution is -0.154. The summed E-state index contributed by atoms with van der Waals surface area (Å²) in [4.78, 5) is 48.4. The first-order chi connectivity index (χ1) is 23.2. The molecule has 0 fully saturated rings. The SMILES string of the molecule is CC(=O)OC1CC(C)(C)C(/C=C/C(C)=C\C=C\C(C)=C\C=C\C=C(C)\C=C\C=C(C)/C=C/C2=C(C)C(=O)C(OC(C)=O)CC2(C)C)=C(C)C1=O. The van der Waals surface area contributed by atoms with Gasteiger partial charge in [-0.1, -0.05) is 135 Å². The predicted octanol–water partition coefficient (Wildman–Crippen LogP) is 10.0. The quantitative estimate of drug-likeness (QED) is 0.151. The van der Waals surface area contributed by atoms with Crippen LogP contribution in [0.1, 0.15) is 95.9 Å². The number of hydrogen-bond acceptors (Lipinski definition) is 6. The Hall–Kier alpha value is -4.58. The van der Waals surface area contributed by atoms with E-state index in [1.807, 2.05) is 113 Å². The number of esters is 2. The molecular formula is C44H56O6. The molecular weight excluding hydrogens is 624 g/mol. The minimum Gasteiger partial charge on any atom is -0.454 e. The minimum absolute atomic E-state index is 0.127. The summed E-state index contributed by atoms with van der Waals surface area (Å²) in [6, 6.07) is 0. The maximum atomic E-state index is 12.8. The lowest BCUT2D eigenvalue weighted by atomic mass is 9.71. The van der Waals surface area contributed by atoms with Gasteiger partial charge in [-0.05, 0) is 74.7 Å². The Kier molecular flexibility index (Phi) is 15.3. The van der Waals surface area contributed by atoms with Crippen molar-refractivity contribution in [3.8, 4) is 0 Å². The van der Waals surface area contributed by atoms with Gasteiger partial charge in [-0.3, -0.25) is 19.2 Å². The molecule has 0 saturated heterocycles. The second-order valence-electron chi connectivity index (χ2n) is 14.6. The molecule has 0 heterocycles. The van der Waals surface area contributed by atoms with Crippen LogP contribution in [0.3, 0.4) is 0 Å². The molecule has 6 heteroatoms. The number of Topliss-reactive ketones (excluding diaryl/α,β-unsaturated/α-hetero) is 2. The van der Waals surface area contributed by atoms with Gasteiger partial charge in [0.15, 0.2) is 23.8 Å². The van der Waals surface area contributed by atoms with E-state index in [2.05, 4.69) is 27.7 Å². The standard InChI is InChI=1S/C44H56O6/c1-29(19-15-21-31(3)23-25-37-33(5)41(47)39(49-35(7)45)27-43(37,9)10)17-13-14-18-30(2)20-16-22-32(4)24-26-38-34(6)42(48)40(50-36(8)46)28-44(38,11)12/h13-26,39-40H,27-28H2,1-12H3/b14-13+,19-15+,20-16+,25-23+,26-24+,29-17+,30-18+,31-21-,32-22-. The van der Waals surface area contributed by atoms with Crippen molar-refractivity contribution in [2.75, 3.05) is 0 Å². The maximum Gasteiger partial charge on any atom is 0.303 e. The van der Waals surface area contributed by atoms with Crippen LogP contribution in [0.4, 0.5) is 0 Å². The van der Waals surface area contributed by atoms with Crippen LogP contribution in [-0.2, 0) is 28.7 Å². The summed E-state index contributed by atoms with van der Waals surface area (Å²) in [7, 11) is 0. The smallest absolute Gasteiger partial charge is 0.303 e. The summed E-state index contributed by atoms with van der Waals surface area (Å²) >= 11 is 0. The van der Waals surface area contributed by atoms with Crippen LogP contribution in [0, 0.1) is 10.8 Å². The normalized spacial score (nSPS) is 22.7. The van der Waals surface area contributed by atoms with Gasteiger partial charge in [0.05, 0.1) is 0 Å². The molecule has 2 aliphatic carbocycles. The highest BCUT2D eigenvalue weighted by Gasteiger charge is 2.40. The molecule has 2 atom stereocenters. The molecule has 6 nitrogen and oxygen atoms in total. The highest BCUT2D eigenvalue weighted by molar-refractivity contribution is 6.02. The third-order valence-corrected chi connectivity index (χ3v) is 8.89. The first kappa shape index (κ1) is 41.6. The lowest BCUT2D eigenvalue weighted by Crippen LogP contribution is -2.38. The Labute approximate surface area is 300 Å². The molecule has 2 rings (SSSR count). The molecule has 268 valence electrons. The van der Waals surface area contributed by atoms with Crippen molar-refractivity contribution in [2.45, 2.75) is 108 Å². The maximum absolute atomic E-state index is 12.8. The van der Waals surface area contributed by atoms with E-state index in [4.69, 9.17) is 9.47 Å². The molecule has 0 aromatic heterocycles. The number of ether oxygens (including phenoxy) is 2. The summed E-state index contributed by atoms with van der Waals surface area (Å²) in [5.41, 5.74) is 6.94. The Bertz CT molecular complexity index is 1560. The second-order valence-corrected chi connectivity index (χ2v) is 14.6. The van der Waals surface area contributed by atoms with Crippen LogP contribution in [0.25, 0.3) is 0 Å². The molecule has 0 N–H and O–H groups in total. The first-order valence-corrected chi connectivity index (χ1v) is 17.2. The van der Waals surface area contributed by atoms with Crippen molar-refractivity contribution < 1.29 is 28.7 Å². The average Bonchev–Trinajstić information content (AvgIpc) is 2.99. The predicted molar refractivity (Wildman–Crippen MR) is 204 cm³/mol. The molecule has 0 amide bonds. The van der Waals surface area contributed by atoms with Gasteiger partial charge in [0.2, 0.25) is 0 Å². The van der Waals surface area contributed by atoms with Crippen molar-refractivity contribution in [3.05, 3.63) is 130 Å². The summed E-state index contributed by atoms with van der Waals surface area (Å²) in [6.45, 7) is 22.7. The second kappa shape index (κ2) is 18.4. The lowest BCUT2D eigenvalue weighted by Gasteiger charge is -2.36. The molecule has 0 aromatic carbocycles. The molecule has 0 saturated carbocycles. The van der Waals surface area contributed by atoms with Crippen molar-refractivity contribution in [2.24, 2.45) is 10.8 Å². The highest BCUT2D eigenvalue weighted by atomic mass is 16.5. The van der Waals surface area contributed by atoms with E-state index >= 15 is 0 Å². The van der Waals surface area contributed by atoms with Crippen LogP contribution in [0.5, 0.6) is 0 Å². The van der Waals surface area contributed by atoms with Gasteiger partial charge in [-0.25, -0.2) is 0 Å². The van der Waals surface area contributed by atoms with Crippen LogP contribution >= 0.6 is 0 Å². The average molecular weight is 681 g/mol. The van der Waals surface area contributed by atoms with Gasteiger partial charge in [-0.15, -0.1) is 0 Å². The first-order valence-electron chi connectivity index (χ1n) is 17.2. The van der Waals surface area contributed by atoms with Gasteiger partial charge in [0, 0.05) is 26.7 Å². The summed E-state index contributed by atoms with van der Waals surface area (Å²) in [6.07, 6.45) is 27.8. The van der Waals surface area contributed by atoms with Crippen molar-refractivity contribution in [1.29, 1.82) is 0 Å². The fourth-order valence-electron chi connectivity index (χ4n) is 6.16.